The number of anilines is 2. The van der Waals surface area contributed by atoms with E-state index in [9.17, 15) is 14.7 Å². The molecule has 1 atom stereocenters. The molecule has 6 heteroatoms. The van der Waals surface area contributed by atoms with Gasteiger partial charge in [-0.3, -0.25) is 14.5 Å². The minimum Gasteiger partial charge on any atom is -0.389 e. The Morgan fingerprint density at radius 2 is 1.70 bits per heavy atom. The molecular formula is C24H25N3O3. The first-order valence-corrected chi connectivity index (χ1v) is 9.71. The van der Waals surface area contributed by atoms with Crippen molar-refractivity contribution in [1.82, 2.24) is 0 Å². The van der Waals surface area contributed by atoms with Crippen molar-refractivity contribution in [3.8, 4) is 0 Å². The summed E-state index contributed by atoms with van der Waals surface area (Å²) in [6, 6.07) is 23.1. The van der Waals surface area contributed by atoms with Crippen molar-refractivity contribution < 1.29 is 14.7 Å². The van der Waals surface area contributed by atoms with Crippen LogP contribution in [-0.4, -0.2) is 23.5 Å². The Morgan fingerprint density at radius 1 is 1.00 bits per heavy atom. The van der Waals surface area contributed by atoms with Gasteiger partial charge in [-0.15, -0.1) is 0 Å². The summed E-state index contributed by atoms with van der Waals surface area (Å²) in [5.41, 5.74) is 8.99. The van der Waals surface area contributed by atoms with Crippen molar-refractivity contribution in [2.45, 2.75) is 19.6 Å². The Balaban J connectivity index is 1.80. The van der Waals surface area contributed by atoms with E-state index in [4.69, 9.17) is 5.73 Å². The van der Waals surface area contributed by atoms with Crippen molar-refractivity contribution in [2.75, 3.05) is 16.8 Å². The summed E-state index contributed by atoms with van der Waals surface area (Å²) < 4.78 is 0. The first kappa shape index (κ1) is 21.2. The number of carbonyl (C=O) groups is 2. The van der Waals surface area contributed by atoms with Crippen LogP contribution in [0.1, 0.15) is 34.5 Å². The maximum absolute atomic E-state index is 13.2. The molecular weight excluding hydrogens is 378 g/mol. The first-order chi connectivity index (χ1) is 14.5. The highest BCUT2D eigenvalue weighted by Gasteiger charge is 2.21. The van der Waals surface area contributed by atoms with Gasteiger partial charge >= 0.3 is 0 Å². The molecule has 3 aromatic rings. The molecule has 154 valence electrons. The predicted octanol–water partition coefficient (Wildman–Crippen LogP) is 3.48. The van der Waals surface area contributed by atoms with Gasteiger partial charge in [0.2, 0.25) is 5.91 Å². The van der Waals surface area contributed by atoms with Gasteiger partial charge in [-0.2, -0.15) is 0 Å². The number of nitrogens with one attached hydrogen (secondary N) is 1. The fraction of sp³-hybridized carbons (Fsp3) is 0.167. The second-order valence-corrected chi connectivity index (χ2v) is 6.98. The van der Waals surface area contributed by atoms with Crippen LogP contribution in [0.25, 0.3) is 0 Å². The molecule has 3 aromatic carbocycles. The smallest absolute Gasteiger partial charge is 0.258 e. The Kier molecular flexibility index (Phi) is 6.95. The molecule has 0 spiro atoms. The molecule has 0 heterocycles. The van der Waals surface area contributed by atoms with Gasteiger partial charge in [0.1, 0.15) is 6.54 Å². The lowest BCUT2D eigenvalue weighted by Crippen LogP contribution is -2.38. The highest BCUT2D eigenvalue weighted by Crippen LogP contribution is 2.19. The molecule has 0 aromatic heterocycles. The minimum atomic E-state index is -0.578. The second kappa shape index (κ2) is 9.82. The van der Waals surface area contributed by atoms with Gasteiger partial charge in [-0.1, -0.05) is 42.5 Å². The van der Waals surface area contributed by atoms with Gasteiger partial charge in [0.15, 0.2) is 0 Å². The number of carbonyl (C=O) groups excluding carboxylic acids is 2. The van der Waals surface area contributed by atoms with Crippen LogP contribution in [0.4, 0.5) is 11.4 Å². The standard InChI is InChI=1S/C24H25N3O3/c1-17(28)19-10-12-21(13-11-19)26-23(29)16-27(22-8-3-2-4-9-22)24(30)20-7-5-6-18(14-20)15-25/h2-14,17,28H,15-16,25H2,1H3,(H,26,29). The number of rotatable bonds is 7. The van der Waals surface area contributed by atoms with E-state index in [1.807, 2.05) is 24.3 Å². The van der Waals surface area contributed by atoms with E-state index >= 15 is 0 Å². The number of aliphatic hydroxyl groups is 1. The molecule has 1 unspecified atom stereocenters. The Hall–Kier alpha value is -3.48. The molecule has 3 rings (SSSR count). The lowest BCUT2D eigenvalue weighted by Gasteiger charge is -2.23. The number of nitrogens with zero attached hydrogens (tertiary/aromatic N) is 1. The van der Waals surface area contributed by atoms with Crippen LogP contribution in [-0.2, 0) is 11.3 Å². The quantitative estimate of drug-likeness (QED) is 0.563. The van der Waals surface area contributed by atoms with Gasteiger partial charge in [0.05, 0.1) is 6.10 Å². The number of nitrogens with two attached hydrogens (primary N) is 1. The molecule has 4 N–H and O–H groups in total. The van der Waals surface area contributed by atoms with Crippen LogP contribution in [0.2, 0.25) is 0 Å². The molecule has 30 heavy (non-hydrogen) atoms. The zero-order chi connectivity index (χ0) is 21.5. The average Bonchev–Trinajstić information content (AvgIpc) is 2.78. The van der Waals surface area contributed by atoms with Crippen LogP contribution < -0.4 is 16.0 Å². The van der Waals surface area contributed by atoms with Gasteiger partial charge in [0.25, 0.3) is 5.91 Å². The van der Waals surface area contributed by atoms with Crippen LogP contribution in [0.15, 0.2) is 78.9 Å². The fourth-order valence-corrected chi connectivity index (χ4v) is 3.06. The van der Waals surface area contributed by atoms with Crippen molar-refractivity contribution >= 4 is 23.2 Å². The molecule has 0 saturated carbocycles. The summed E-state index contributed by atoms with van der Waals surface area (Å²) in [5.74, 6) is -0.608. The van der Waals surface area contributed by atoms with E-state index in [-0.39, 0.29) is 18.4 Å². The average molecular weight is 403 g/mol. The molecule has 0 bridgehead atoms. The summed E-state index contributed by atoms with van der Waals surface area (Å²) >= 11 is 0. The molecule has 0 radical (unpaired) electrons. The summed E-state index contributed by atoms with van der Waals surface area (Å²) in [4.78, 5) is 27.3. The number of benzene rings is 3. The number of amides is 2. The van der Waals surface area contributed by atoms with E-state index in [0.29, 0.717) is 23.5 Å². The number of aliphatic hydroxyl groups excluding tert-OH is 1. The van der Waals surface area contributed by atoms with Gasteiger partial charge in [-0.25, -0.2) is 0 Å². The van der Waals surface area contributed by atoms with Gasteiger partial charge < -0.3 is 16.2 Å². The third-order valence-electron chi connectivity index (χ3n) is 4.70. The lowest BCUT2D eigenvalue weighted by atomic mass is 10.1. The molecule has 0 aliphatic carbocycles. The summed E-state index contributed by atoms with van der Waals surface area (Å²) in [5, 5.41) is 12.4. The van der Waals surface area contributed by atoms with Crippen LogP contribution in [0.5, 0.6) is 0 Å². The van der Waals surface area contributed by atoms with Crippen LogP contribution in [0, 0.1) is 0 Å². The number of para-hydroxylation sites is 1. The molecule has 2 amide bonds. The normalized spacial score (nSPS) is 11.6. The van der Waals surface area contributed by atoms with E-state index in [0.717, 1.165) is 11.1 Å². The summed E-state index contributed by atoms with van der Waals surface area (Å²) in [7, 11) is 0. The number of hydrogen-bond donors (Lipinski definition) is 3. The molecule has 0 saturated heterocycles. The molecule has 0 aliphatic heterocycles. The Morgan fingerprint density at radius 3 is 2.33 bits per heavy atom. The third kappa shape index (κ3) is 5.31. The number of hydrogen-bond acceptors (Lipinski definition) is 4. The van der Waals surface area contributed by atoms with Crippen LogP contribution >= 0.6 is 0 Å². The Labute approximate surface area is 176 Å². The van der Waals surface area contributed by atoms with E-state index in [1.54, 1.807) is 61.5 Å². The largest absolute Gasteiger partial charge is 0.389 e. The topological polar surface area (TPSA) is 95.7 Å². The van der Waals surface area contributed by atoms with Gasteiger partial charge in [-0.05, 0) is 54.4 Å². The zero-order valence-corrected chi connectivity index (χ0v) is 16.8. The molecule has 0 aliphatic rings. The van der Waals surface area contributed by atoms with Crippen molar-refractivity contribution in [1.29, 1.82) is 0 Å². The first-order valence-electron chi connectivity index (χ1n) is 9.71. The molecule has 0 fully saturated rings. The van der Waals surface area contributed by atoms with E-state index in [1.165, 1.54) is 4.90 Å². The highest BCUT2D eigenvalue weighted by molar-refractivity contribution is 6.10. The predicted molar refractivity (Wildman–Crippen MR) is 118 cm³/mol. The zero-order valence-electron chi connectivity index (χ0n) is 16.8. The third-order valence-corrected chi connectivity index (χ3v) is 4.70. The monoisotopic (exact) mass is 403 g/mol. The minimum absolute atomic E-state index is 0.145. The van der Waals surface area contributed by atoms with Crippen molar-refractivity contribution in [2.24, 2.45) is 5.73 Å². The van der Waals surface area contributed by atoms with Crippen LogP contribution in [0.3, 0.4) is 0 Å². The maximum Gasteiger partial charge on any atom is 0.258 e. The highest BCUT2D eigenvalue weighted by atomic mass is 16.3. The molecule has 6 nitrogen and oxygen atoms in total. The fourth-order valence-electron chi connectivity index (χ4n) is 3.06. The lowest BCUT2D eigenvalue weighted by molar-refractivity contribution is -0.114. The second-order valence-electron chi connectivity index (χ2n) is 6.98. The van der Waals surface area contributed by atoms with E-state index < -0.39 is 6.10 Å². The Bertz CT molecular complexity index is 1000. The van der Waals surface area contributed by atoms with E-state index in [2.05, 4.69) is 5.32 Å². The SMILES string of the molecule is CC(O)c1ccc(NC(=O)CN(C(=O)c2cccc(CN)c2)c2ccccc2)cc1. The summed E-state index contributed by atoms with van der Waals surface area (Å²) in [6.45, 7) is 1.86. The maximum atomic E-state index is 13.2. The summed E-state index contributed by atoms with van der Waals surface area (Å²) in [6.07, 6.45) is -0.578. The van der Waals surface area contributed by atoms with Gasteiger partial charge in [0, 0.05) is 23.5 Å². The van der Waals surface area contributed by atoms with Crippen molar-refractivity contribution in [3.05, 3.63) is 95.6 Å². The van der Waals surface area contributed by atoms with Crippen molar-refractivity contribution in [3.63, 3.8) is 0 Å².